The Morgan fingerprint density at radius 3 is 2.64 bits per heavy atom. The largest absolute Gasteiger partial charge is 0.361 e. The molecule has 2 heterocycles. The van der Waals surface area contributed by atoms with Crippen LogP contribution in [-0.2, 0) is 16.8 Å². The molecule has 2 aromatic heterocycles. The summed E-state index contributed by atoms with van der Waals surface area (Å²) in [5, 5.41) is 14.6. The molecule has 0 spiro atoms. The van der Waals surface area contributed by atoms with Crippen LogP contribution in [-0.4, -0.2) is 37.6 Å². The number of para-hydroxylation sites is 1. The summed E-state index contributed by atoms with van der Waals surface area (Å²) < 4.78 is 2.03. The van der Waals surface area contributed by atoms with Crippen LogP contribution >= 0.6 is 11.8 Å². The van der Waals surface area contributed by atoms with Gasteiger partial charge in [-0.05, 0) is 24.0 Å². The fourth-order valence-corrected chi connectivity index (χ4v) is 4.35. The number of amides is 1. The molecule has 0 saturated heterocycles. The molecule has 4 aromatic rings. The normalized spacial score (nSPS) is 12.0. The van der Waals surface area contributed by atoms with Gasteiger partial charge in [-0.1, -0.05) is 75.0 Å². The molecule has 8 heteroatoms. The third-order valence-corrected chi connectivity index (χ3v) is 6.36. The topological polar surface area (TPSA) is 88.0 Å². The highest BCUT2D eigenvalue weighted by atomic mass is 32.2. The molecule has 0 aliphatic rings. The predicted molar refractivity (Wildman–Crippen MR) is 135 cm³/mol. The molecule has 0 fully saturated rings. The van der Waals surface area contributed by atoms with Gasteiger partial charge < -0.3 is 9.55 Å². The number of hydrogen-bond acceptors (Lipinski definition) is 5. The van der Waals surface area contributed by atoms with Crippen molar-refractivity contribution in [2.45, 2.75) is 44.8 Å². The van der Waals surface area contributed by atoms with Gasteiger partial charge in [0, 0.05) is 34.8 Å². The van der Waals surface area contributed by atoms with Crippen molar-refractivity contribution < 1.29 is 4.79 Å². The van der Waals surface area contributed by atoms with Crippen molar-refractivity contribution in [2.24, 2.45) is 5.10 Å². The highest BCUT2D eigenvalue weighted by molar-refractivity contribution is 7.99. The standard InChI is InChI=1S/C25H28N6OS/c1-5-31-23(17-10-12-19(13-11-17)25(2,3)4)29-30-24(31)33-16-22(32)28-27-15-18-14-26-21-9-7-6-8-20(18)21/h6-15,26H,5,16H2,1-4H3,(H,28,32)/b27-15-. The van der Waals surface area contributed by atoms with Gasteiger partial charge in [0.15, 0.2) is 11.0 Å². The molecule has 0 radical (unpaired) electrons. The molecule has 1 amide bonds. The van der Waals surface area contributed by atoms with Gasteiger partial charge >= 0.3 is 0 Å². The zero-order valence-corrected chi connectivity index (χ0v) is 20.1. The summed E-state index contributed by atoms with van der Waals surface area (Å²) >= 11 is 1.35. The Morgan fingerprint density at radius 2 is 1.91 bits per heavy atom. The van der Waals surface area contributed by atoms with Crippen molar-refractivity contribution in [3.8, 4) is 11.4 Å². The Bertz CT molecular complexity index is 1280. The molecule has 0 saturated carbocycles. The zero-order chi connectivity index (χ0) is 23.4. The van der Waals surface area contributed by atoms with Crippen LogP contribution < -0.4 is 5.43 Å². The van der Waals surface area contributed by atoms with Crippen molar-refractivity contribution in [3.05, 3.63) is 65.9 Å². The summed E-state index contributed by atoms with van der Waals surface area (Å²) in [4.78, 5) is 15.5. The molecule has 0 unspecified atom stereocenters. The Morgan fingerprint density at radius 1 is 1.15 bits per heavy atom. The van der Waals surface area contributed by atoms with Gasteiger partial charge in [0.2, 0.25) is 0 Å². The average Bonchev–Trinajstić information content (AvgIpc) is 3.41. The fourth-order valence-electron chi connectivity index (χ4n) is 3.55. The van der Waals surface area contributed by atoms with E-state index in [9.17, 15) is 4.79 Å². The lowest BCUT2D eigenvalue weighted by molar-refractivity contribution is -0.118. The number of fused-ring (bicyclic) bond motifs is 1. The predicted octanol–water partition coefficient (Wildman–Crippen LogP) is 4.99. The molecule has 0 bridgehead atoms. The number of carbonyl (C=O) groups excluding carboxylic acids is 1. The molecular weight excluding hydrogens is 432 g/mol. The van der Waals surface area contributed by atoms with E-state index in [0.29, 0.717) is 11.7 Å². The Hall–Kier alpha value is -3.39. The summed E-state index contributed by atoms with van der Waals surface area (Å²) in [6.07, 6.45) is 3.52. The first-order valence-electron chi connectivity index (χ1n) is 10.9. The van der Waals surface area contributed by atoms with Crippen molar-refractivity contribution >= 4 is 34.8 Å². The Balaban J connectivity index is 1.38. The number of hydrazone groups is 1. The van der Waals surface area contributed by atoms with Crippen molar-refractivity contribution in [3.63, 3.8) is 0 Å². The number of carbonyl (C=O) groups is 1. The summed E-state index contributed by atoms with van der Waals surface area (Å²) in [5.41, 5.74) is 6.93. The number of benzene rings is 2. The minimum absolute atomic E-state index is 0.0992. The first-order chi connectivity index (χ1) is 15.9. The van der Waals surface area contributed by atoms with Gasteiger partial charge in [-0.2, -0.15) is 5.10 Å². The van der Waals surface area contributed by atoms with Crippen LogP contribution in [0.15, 0.2) is 65.0 Å². The monoisotopic (exact) mass is 460 g/mol. The molecule has 0 aliphatic heterocycles. The Kier molecular flexibility index (Phi) is 6.65. The number of nitrogens with zero attached hydrogens (tertiary/aromatic N) is 4. The average molecular weight is 461 g/mol. The number of aromatic nitrogens is 4. The van der Waals surface area contributed by atoms with Crippen molar-refractivity contribution in [1.29, 1.82) is 0 Å². The van der Waals surface area contributed by atoms with E-state index < -0.39 is 0 Å². The molecule has 7 nitrogen and oxygen atoms in total. The number of thioether (sulfide) groups is 1. The SMILES string of the molecule is CCn1c(SCC(=O)N/N=C\c2c[nH]c3ccccc23)nnc1-c1ccc(C(C)(C)C)cc1. The van der Waals surface area contributed by atoms with Crippen molar-refractivity contribution in [2.75, 3.05) is 5.75 Å². The van der Waals surface area contributed by atoms with Gasteiger partial charge in [0.25, 0.3) is 5.91 Å². The second-order valence-electron chi connectivity index (χ2n) is 8.75. The molecule has 4 rings (SSSR count). The summed E-state index contributed by atoms with van der Waals surface area (Å²) in [6, 6.07) is 16.4. The van der Waals surface area contributed by atoms with Crippen molar-refractivity contribution in [1.82, 2.24) is 25.2 Å². The molecule has 170 valence electrons. The van der Waals surface area contributed by atoms with Gasteiger partial charge in [-0.25, -0.2) is 5.43 Å². The van der Waals surface area contributed by atoms with Gasteiger partial charge in [-0.15, -0.1) is 10.2 Å². The molecule has 0 aliphatic carbocycles. The molecular formula is C25H28N6OS. The van der Waals surface area contributed by atoms with Crippen LogP contribution in [0, 0.1) is 0 Å². The maximum absolute atomic E-state index is 12.3. The van der Waals surface area contributed by atoms with E-state index in [1.165, 1.54) is 17.3 Å². The lowest BCUT2D eigenvalue weighted by Gasteiger charge is -2.19. The third kappa shape index (κ3) is 5.17. The van der Waals surface area contributed by atoms with Crippen LogP contribution in [0.25, 0.3) is 22.3 Å². The minimum Gasteiger partial charge on any atom is -0.361 e. The van der Waals surface area contributed by atoms with E-state index in [4.69, 9.17) is 0 Å². The lowest BCUT2D eigenvalue weighted by Crippen LogP contribution is -2.20. The second-order valence-corrected chi connectivity index (χ2v) is 9.69. The molecule has 2 N–H and O–H groups in total. The van der Waals surface area contributed by atoms with Crippen LogP contribution in [0.3, 0.4) is 0 Å². The first kappa shape index (κ1) is 22.8. The van der Waals surface area contributed by atoms with E-state index in [0.717, 1.165) is 27.9 Å². The molecule has 33 heavy (non-hydrogen) atoms. The van der Waals surface area contributed by atoms with E-state index in [-0.39, 0.29) is 17.1 Å². The quantitative estimate of drug-likeness (QED) is 0.231. The summed E-state index contributed by atoms with van der Waals surface area (Å²) in [6.45, 7) is 9.35. The highest BCUT2D eigenvalue weighted by Gasteiger charge is 2.17. The van der Waals surface area contributed by atoms with E-state index >= 15 is 0 Å². The lowest BCUT2D eigenvalue weighted by atomic mass is 9.87. The fraction of sp³-hybridized carbons (Fsp3) is 0.280. The van der Waals surface area contributed by atoms with Gasteiger partial charge in [0.1, 0.15) is 0 Å². The van der Waals surface area contributed by atoms with Gasteiger partial charge in [-0.3, -0.25) is 4.79 Å². The smallest absolute Gasteiger partial charge is 0.250 e. The van der Waals surface area contributed by atoms with Crippen LogP contribution in [0.5, 0.6) is 0 Å². The first-order valence-corrected chi connectivity index (χ1v) is 11.9. The third-order valence-electron chi connectivity index (χ3n) is 5.39. The maximum atomic E-state index is 12.3. The number of hydrogen-bond donors (Lipinski definition) is 2. The van der Waals surface area contributed by atoms with E-state index in [1.807, 2.05) is 42.0 Å². The van der Waals surface area contributed by atoms with E-state index in [1.54, 1.807) is 6.21 Å². The summed E-state index contributed by atoms with van der Waals surface area (Å²) in [7, 11) is 0. The molecule has 0 atom stereocenters. The number of nitrogens with one attached hydrogen (secondary N) is 2. The van der Waals surface area contributed by atoms with Crippen LogP contribution in [0.1, 0.15) is 38.8 Å². The minimum atomic E-state index is -0.196. The Labute approximate surface area is 197 Å². The summed E-state index contributed by atoms with van der Waals surface area (Å²) in [5.74, 6) is 0.808. The maximum Gasteiger partial charge on any atom is 0.250 e. The van der Waals surface area contributed by atoms with Crippen LogP contribution in [0.4, 0.5) is 0 Å². The van der Waals surface area contributed by atoms with E-state index in [2.05, 4.69) is 70.7 Å². The number of aromatic amines is 1. The number of rotatable bonds is 7. The zero-order valence-electron chi connectivity index (χ0n) is 19.3. The second kappa shape index (κ2) is 9.62. The van der Waals surface area contributed by atoms with Crippen LogP contribution in [0.2, 0.25) is 0 Å². The highest BCUT2D eigenvalue weighted by Crippen LogP contribution is 2.27. The number of H-pyrrole nitrogens is 1. The van der Waals surface area contributed by atoms with Gasteiger partial charge in [0.05, 0.1) is 12.0 Å². The molecule has 2 aromatic carbocycles.